The average molecular weight is 379 g/mol. The molecule has 1 amide bonds. The predicted octanol–water partition coefficient (Wildman–Crippen LogP) is 4.57. The number of aromatic nitrogens is 1. The van der Waals surface area contributed by atoms with E-state index in [0.29, 0.717) is 23.6 Å². The Bertz CT molecular complexity index is 888. The molecule has 5 nitrogen and oxygen atoms in total. The second kappa shape index (κ2) is 8.22. The molecule has 138 valence electrons. The van der Waals surface area contributed by atoms with Gasteiger partial charge in [0.25, 0.3) is 5.91 Å². The van der Waals surface area contributed by atoms with Crippen LogP contribution >= 0.6 is 11.3 Å². The Morgan fingerprint density at radius 2 is 2.04 bits per heavy atom. The van der Waals surface area contributed by atoms with Crippen LogP contribution in [0.2, 0.25) is 0 Å². The van der Waals surface area contributed by atoms with Gasteiger partial charge in [0, 0.05) is 23.5 Å². The van der Waals surface area contributed by atoms with E-state index >= 15 is 0 Å². The third-order valence-corrected chi connectivity index (χ3v) is 5.34. The summed E-state index contributed by atoms with van der Waals surface area (Å²) in [5.41, 5.74) is 1.25. The predicted molar refractivity (Wildman–Crippen MR) is 109 cm³/mol. The van der Waals surface area contributed by atoms with E-state index in [1.54, 1.807) is 29.7 Å². The first kappa shape index (κ1) is 17.5. The van der Waals surface area contributed by atoms with Gasteiger partial charge in [-0.25, -0.2) is 4.98 Å². The van der Waals surface area contributed by atoms with Gasteiger partial charge < -0.3 is 15.0 Å². The first-order chi connectivity index (χ1) is 13.3. The largest absolute Gasteiger partial charge is 0.488 e. The molecule has 0 saturated carbocycles. The summed E-state index contributed by atoms with van der Waals surface area (Å²) in [6, 6.07) is 15.1. The van der Waals surface area contributed by atoms with Crippen LogP contribution in [0, 0.1) is 0 Å². The molecule has 1 fully saturated rings. The highest BCUT2D eigenvalue weighted by Gasteiger charge is 2.13. The van der Waals surface area contributed by atoms with Crippen molar-refractivity contribution in [2.75, 3.05) is 23.3 Å². The summed E-state index contributed by atoms with van der Waals surface area (Å²) in [7, 11) is 0. The number of carbonyl (C=O) groups excluding carboxylic acids is 1. The first-order valence-electron chi connectivity index (χ1n) is 9.05. The highest BCUT2D eigenvalue weighted by atomic mass is 32.1. The van der Waals surface area contributed by atoms with Crippen LogP contribution in [0.1, 0.15) is 28.1 Å². The number of hydrogen-bond acceptors (Lipinski definition) is 5. The molecule has 0 radical (unpaired) electrons. The van der Waals surface area contributed by atoms with E-state index in [-0.39, 0.29) is 5.91 Å². The fourth-order valence-electron chi connectivity index (χ4n) is 3.07. The van der Waals surface area contributed by atoms with E-state index in [1.165, 1.54) is 12.8 Å². The minimum absolute atomic E-state index is 0.174. The van der Waals surface area contributed by atoms with Crippen LogP contribution in [0.3, 0.4) is 0 Å². The molecule has 6 heteroatoms. The lowest BCUT2D eigenvalue weighted by molar-refractivity contribution is 0.102. The summed E-state index contributed by atoms with van der Waals surface area (Å²) >= 11 is 1.65. The van der Waals surface area contributed by atoms with Gasteiger partial charge in [0.15, 0.2) is 0 Å². The molecule has 1 N–H and O–H groups in total. The molecule has 3 aromatic rings. The lowest BCUT2D eigenvalue weighted by atomic mass is 10.2. The Hall–Kier alpha value is -2.86. The van der Waals surface area contributed by atoms with E-state index in [0.717, 1.165) is 23.8 Å². The van der Waals surface area contributed by atoms with E-state index in [1.807, 2.05) is 41.8 Å². The van der Waals surface area contributed by atoms with Crippen LogP contribution in [-0.2, 0) is 6.61 Å². The van der Waals surface area contributed by atoms with Crippen molar-refractivity contribution < 1.29 is 9.53 Å². The maximum atomic E-state index is 12.5. The second-order valence-corrected chi connectivity index (χ2v) is 7.48. The lowest BCUT2D eigenvalue weighted by Gasteiger charge is -2.16. The maximum Gasteiger partial charge on any atom is 0.255 e. The number of thiophene rings is 1. The smallest absolute Gasteiger partial charge is 0.255 e. The molecular weight excluding hydrogens is 358 g/mol. The van der Waals surface area contributed by atoms with Crippen LogP contribution in [0.15, 0.2) is 60.1 Å². The van der Waals surface area contributed by atoms with E-state index in [2.05, 4.69) is 15.2 Å². The molecule has 4 rings (SSSR count). The number of ether oxygens (including phenoxy) is 1. The molecule has 1 aliphatic rings. The highest BCUT2D eigenvalue weighted by molar-refractivity contribution is 7.09. The Labute approximate surface area is 162 Å². The zero-order valence-electron chi connectivity index (χ0n) is 14.9. The van der Waals surface area contributed by atoms with Gasteiger partial charge in [0.05, 0.1) is 11.9 Å². The minimum Gasteiger partial charge on any atom is -0.488 e. The lowest BCUT2D eigenvalue weighted by Crippen LogP contribution is -2.19. The van der Waals surface area contributed by atoms with Crippen molar-refractivity contribution in [3.63, 3.8) is 0 Å². The standard InChI is InChI=1S/C21H21N3O2S/c25-21(23-17-8-9-20(22-14-17)24-10-1-2-11-24)16-5-3-6-18(13-16)26-15-19-7-4-12-27-19/h3-9,12-14H,1-2,10-11,15H2,(H,23,25). The van der Waals surface area contributed by atoms with E-state index in [4.69, 9.17) is 4.74 Å². The molecule has 2 aromatic heterocycles. The number of nitrogens with one attached hydrogen (secondary N) is 1. The second-order valence-electron chi connectivity index (χ2n) is 6.45. The Kier molecular flexibility index (Phi) is 5.34. The van der Waals surface area contributed by atoms with Gasteiger partial charge >= 0.3 is 0 Å². The number of pyridine rings is 1. The fourth-order valence-corrected chi connectivity index (χ4v) is 3.69. The summed E-state index contributed by atoms with van der Waals surface area (Å²) in [5, 5.41) is 4.92. The van der Waals surface area contributed by atoms with E-state index < -0.39 is 0 Å². The number of rotatable bonds is 6. The molecule has 0 atom stereocenters. The molecule has 1 saturated heterocycles. The normalized spacial score (nSPS) is 13.6. The minimum atomic E-state index is -0.174. The van der Waals surface area contributed by atoms with Crippen LogP contribution in [0.25, 0.3) is 0 Å². The van der Waals surface area contributed by atoms with Gasteiger partial charge in [-0.2, -0.15) is 0 Å². The van der Waals surface area contributed by atoms with Crippen LogP contribution in [0.4, 0.5) is 11.5 Å². The average Bonchev–Trinajstić information content (AvgIpc) is 3.41. The van der Waals surface area contributed by atoms with Gasteiger partial charge in [0.1, 0.15) is 18.2 Å². The van der Waals surface area contributed by atoms with Gasteiger partial charge in [-0.15, -0.1) is 11.3 Å². The number of carbonyl (C=O) groups is 1. The SMILES string of the molecule is O=C(Nc1ccc(N2CCCC2)nc1)c1cccc(OCc2cccs2)c1. The Balaban J connectivity index is 1.38. The molecule has 0 spiro atoms. The number of amides is 1. The molecular formula is C21H21N3O2S. The van der Waals surface area contributed by atoms with Crippen LogP contribution in [0.5, 0.6) is 5.75 Å². The van der Waals surface area contributed by atoms with E-state index in [9.17, 15) is 4.79 Å². The number of nitrogens with zero attached hydrogens (tertiary/aromatic N) is 2. The van der Waals surface area contributed by atoms with Gasteiger partial charge in [0.2, 0.25) is 0 Å². The van der Waals surface area contributed by atoms with Gasteiger partial charge in [-0.05, 0) is 54.6 Å². The fraction of sp³-hybridized carbons (Fsp3) is 0.238. The number of anilines is 2. The Morgan fingerprint density at radius 3 is 2.78 bits per heavy atom. The zero-order valence-corrected chi connectivity index (χ0v) is 15.7. The van der Waals surface area contributed by atoms with Crippen molar-refractivity contribution in [1.82, 2.24) is 4.98 Å². The monoisotopic (exact) mass is 379 g/mol. The van der Waals surface area contributed by atoms with Crippen molar-refractivity contribution in [3.8, 4) is 5.75 Å². The summed E-state index contributed by atoms with van der Waals surface area (Å²) in [5.74, 6) is 1.47. The highest BCUT2D eigenvalue weighted by Crippen LogP contribution is 2.21. The topological polar surface area (TPSA) is 54.5 Å². The Morgan fingerprint density at radius 1 is 1.15 bits per heavy atom. The summed E-state index contributed by atoms with van der Waals surface area (Å²) in [6.45, 7) is 2.61. The third kappa shape index (κ3) is 4.46. The van der Waals surface area contributed by atoms with Crippen LogP contribution in [-0.4, -0.2) is 24.0 Å². The van der Waals surface area contributed by atoms with Gasteiger partial charge in [-0.1, -0.05) is 12.1 Å². The van der Waals surface area contributed by atoms with Gasteiger partial charge in [-0.3, -0.25) is 4.79 Å². The number of hydrogen-bond donors (Lipinski definition) is 1. The number of benzene rings is 1. The molecule has 0 bridgehead atoms. The maximum absolute atomic E-state index is 12.5. The zero-order chi connectivity index (χ0) is 18.5. The third-order valence-electron chi connectivity index (χ3n) is 4.49. The molecule has 0 unspecified atom stereocenters. The molecule has 3 heterocycles. The molecule has 0 aliphatic carbocycles. The van der Waals surface area contributed by atoms with Crippen molar-refractivity contribution >= 4 is 28.7 Å². The quantitative estimate of drug-likeness (QED) is 0.681. The summed E-state index contributed by atoms with van der Waals surface area (Å²) in [4.78, 5) is 20.4. The molecule has 27 heavy (non-hydrogen) atoms. The van der Waals surface area contributed by atoms with Crippen molar-refractivity contribution in [3.05, 3.63) is 70.5 Å². The summed E-state index contributed by atoms with van der Waals surface area (Å²) < 4.78 is 5.78. The van der Waals surface area contributed by atoms with Crippen LogP contribution < -0.4 is 15.0 Å². The van der Waals surface area contributed by atoms with Crippen molar-refractivity contribution in [2.24, 2.45) is 0 Å². The van der Waals surface area contributed by atoms with Crippen molar-refractivity contribution in [2.45, 2.75) is 19.4 Å². The molecule has 1 aliphatic heterocycles. The summed E-state index contributed by atoms with van der Waals surface area (Å²) in [6.07, 6.45) is 4.14. The first-order valence-corrected chi connectivity index (χ1v) is 9.93. The van der Waals surface area contributed by atoms with Crippen molar-refractivity contribution in [1.29, 1.82) is 0 Å². The molecule has 1 aromatic carbocycles.